The van der Waals surface area contributed by atoms with Gasteiger partial charge in [0, 0.05) is 19.6 Å². The van der Waals surface area contributed by atoms with Crippen LogP contribution in [0.15, 0.2) is 12.7 Å². The monoisotopic (exact) mass is 268 g/mol. The van der Waals surface area contributed by atoms with Crippen molar-refractivity contribution >= 4 is 12.0 Å². The number of carbonyl (C=O) groups is 2. The number of carbonyl (C=O) groups excluding carboxylic acids is 1. The number of carboxylic acid groups (broad SMARTS) is 1. The van der Waals surface area contributed by atoms with Crippen molar-refractivity contribution in [1.29, 1.82) is 0 Å². The summed E-state index contributed by atoms with van der Waals surface area (Å²) in [5.41, 5.74) is 0. The van der Waals surface area contributed by atoms with Gasteiger partial charge in [-0.15, -0.1) is 6.58 Å². The average Bonchev–Trinajstić information content (AvgIpc) is 2.64. The van der Waals surface area contributed by atoms with E-state index in [0.717, 1.165) is 25.7 Å². The van der Waals surface area contributed by atoms with E-state index in [-0.39, 0.29) is 25.2 Å². The van der Waals surface area contributed by atoms with Crippen molar-refractivity contribution in [2.24, 2.45) is 0 Å². The molecule has 0 aromatic carbocycles. The van der Waals surface area contributed by atoms with Gasteiger partial charge in [0.05, 0.1) is 0 Å². The van der Waals surface area contributed by atoms with E-state index in [0.29, 0.717) is 0 Å². The van der Waals surface area contributed by atoms with E-state index in [9.17, 15) is 9.59 Å². The van der Waals surface area contributed by atoms with E-state index in [1.807, 2.05) is 0 Å². The molecule has 0 heterocycles. The summed E-state index contributed by atoms with van der Waals surface area (Å²) in [5.74, 6) is -0.996. The van der Waals surface area contributed by atoms with Crippen LogP contribution in [-0.2, 0) is 4.79 Å². The van der Waals surface area contributed by atoms with Crippen LogP contribution in [0.25, 0.3) is 0 Å². The van der Waals surface area contributed by atoms with Gasteiger partial charge in [0.25, 0.3) is 0 Å². The highest BCUT2D eigenvalue weighted by molar-refractivity contribution is 5.80. The van der Waals surface area contributed by atoms with E-state index in [1.54, 1.807) is 18.0 Å². The molecule has 0 aliphatic heterocycles. The fourth-order valence-electron chi connectivity index (χ4n) is 2.55. The fraction of sp³-hybridized carbons (Fsp3) is 0.714. The van der Waals surface area contributed by atoms with Gasteiger partial charge in [-0.2, -0.15) is 0 Å². The van der Waals surface area contributed by atoms with Crippen LogP contribution in [0, 0.1) is 0 Å². The lowest BCUT2D eigenvalue weighted by Gasteiger charge is -2.32. The van der Waals surface area contributed by atoms with Crippen LogP contribution in [0.1, 0.15) is 38.5 Å². The second kappa shape index (κ2) is 7.81. The first-order chi connectivity index (χ1) is 9.06. The average molecular weight is 268 g/mol. The van der Waals surface area contributed by atoms with E-state index < -0.39 is 5.97 Å². The molecule has 1 N–H and O–H groups in total. The normalized spacial score (nSPS) is 16.5. The molecule has 0 saturated heterocycles. The van der Waals surface area contributed by atoms with E-state index in [2.05, 4.69) is 6.58 Å². The number of amides is 2. The summed E-state index contributed by atoms with van der Waals surface area (Å²) in [4.78, 5) is 26.1. The largest absolute Gasteiger partial charge is 0.480 e. The maximum atomic E-state index is 12.3. The Labute approximate surface area is 114 Å². The molecule has 1 rings (SSSR count). The molecule has 5 nitrogen and oxygen atoms in total. The number of urea groups is 1. The maximum Gasteiger partial charge on any atom is 0.323 e. The maximum absolute atomic E-state index is 12.3. The molecule has 1 saturated carbocycles. The van der Waals surface area contributed by atoms with Gasteiger partial charge in [-0.05, 0) is 12.8 Å². The smallest absolute Gasteiger partial charge is 0.323 e. The summed E-state index contributed by atoms with van der Waals surface area (Å²) in [7, 11) is 1.77. The van der Waals surface area contributed by atoms with Gasteiger partial charge < -0.3 is 14.9 Å². The molecule has 5 heteroatoms. The summed E-state index contributed by atoms with van der Waals surface area (Å²) in [6.07, 6.45) is 8.32. The minimum Gasteiger partial charge on any atom is -0.480 e. The summed E-state index contributed by atoms with van der Waals surface area (Å²) in [5, 5.41) is 8.85. The lowest BCUT2D eigenvalue weighted by atomic mass is 10.1. The summed E-state index contributed by atoms with van der Waals surface area (Å²) in [6, 6.07) is 0.0188. The van der Waals surface area contributed by atoms with E-state index >= 15 is 0 Å². The molecular formula is C14H24N2O3. The number of aliphatic carboxylic acids is 1. The molecule has 0 aromatic rings. The van der Waals surface area contributed by atoms with Crippen molar-refractivity contribution in [3.8, 4) is 0 Å². The lowest BCUT2D eigenvalue weighted by Crippen LogP contribution is -2.47. The third-order valence-electron chi connectivity index (χ3n) is 3.62. The Balaban J connectivity index is 2.65. The zero-order chi connectivity index (χ0) is 14.3. The number of hydrogen-bond acceptors (Lipinski definition) is 2. The van der Waals surface area contributed by atoms with Crippen LogP contribution in [0.4, 0.5) is 4.79 Å². The first kappa shape index (κ1) is 15.5. The summed E-state index contributed by atoms with van der Waals surface area (Å²) in [6.45, 7) is 3.56. The van der Waals surface area contributed by atoms with Gasteiger partial charge in [0.15, 0.2) is 0 Å². The predicted molar refractivity (Wildman–Crippen MR) is 74.1 cm³/mol. The molecule has 19 heavy (non-hydrogen) atoms. The highest BCUT2D eigenvalue weighted by Crippen LogP contribution is 2.21. The molecule has 1 fully saturated rings. The van der Waals surface area contributed by atoms with Crippen LogP contribution >= 0.6 is 0 Å². The minimum atomic E-state index is -0.996. The SMILES string of the molecule is C=CCN(CC(=O)O)C(=O)N(C)C1CCCCCC1. The molecule has 0 spiro atoms. The lowest BCUT2D eigenvalue weighted by molar-refractivity contribution is -0.137. The van der Waals surface area contributed by atoms with Crippen molar-refractivity contribution in [3.05, 3.63) is 12.7 Å². The van der Waals surface area contributed by atoms with Crippen LogP contribution < -0.4 is 0 Å². The van der Waals surface area contributed by atoms with Gasteiger partial charge in [0.2, 0.25) is 0 Å². The first-order valence-electron chi connectivity index (χ1n) is 6.90. The molecule has 2 amide bonds. The number of hydrogen-bond donors (Lipinski definition) is 1. The third kappa shape index (κ3) is 4.93. The third-order valence-corrected chi connectivity index (χ3v) is 3.62. The zero-order valence-corrected chi connectivity index (χ0v) is 11.7. The Kier molecular flexibility index (Phi) is 6.39. The Morgan fingerprint density at radius 3 is 2.32 bits per heavy atom. The van der Waals surface area contributed by atoms with Crippen molar-refractivity contribution in [1.82, 2.24) is 9.80 Å². The van der Waals surface area contributed by atoms with Crippen molar-refractivity contribution in [3.63, 3.8) is 0 Å². The molecule has 0 aromatic heterocycles. The molecule has 1 aliphatic rings. The van der Waals surface area contributed by atoms with E-state index in [4.69, 9.17) is 5.11 Å². The Hall–Kier alpha value is -1.52. The molecule has 0 radical (unpaired) electrons. The fourth-order valence-corrected chi connectivity index (χ4v) is 2.55. The van der Waals surface area contributed by atoms with Gasteiger partial charge in [-0.25, -0.2) is 4.79 Å². The number of rotatable bonds is 5. The minimum absolute atomic E-state index is 0.214. The quantitative estimate of drug-likeness (QED) is 0.615. The van der Waals surface area contributed by atoms with Gasteiger partial charge >= 0.3 is 12.0 Å². The molecule has 0 atom stereocenters. The van der Waals surface area contributed by atoms with Gasteiger partial charge in [0.1, 0.15) is 6.54 Å². The summed E-state index contributed by atoms with van der Waals surface area (Å²) >= 11 is 0. The zero-order valence-electron chi connectivity index (χ0n) is 11.7. The van der Waals surface area contributed by atoms with E-state index in [1.165, 1.54) is 17.7 Å². The Morgan fingerprint density at radius 1 is 1.26 bits per heavy atom. The Bertz CT molecular complexity index is 323. The molecule has 0 unspecified atom stereocenters. The predicted octanol–water partition coefficient (Wildman–Crippen LogP) is 2.33. The van der Waals surface area contributed by atoms with Gasteiger partial charge in [-0.3, -0.25) is 4.79 Å². The topological polar surface area (TPSA) is 60.9 Å². The van der Waals surface area contributed by atoms with Crippen molar-refractivity contribution in [2.75, 3.05) is 20.1 Å². The van der Waals surface area contributed by atoms with Crippen LogP contribution in [0.5, 0.6) is 0 Å². The molecule has 0 bridgehead atoms. The number of nitrogens with zero attached hydrogens (tertiary/aromatic N) is 2. The van der Waals surface area contributed by atoms with Gasteiger partial charge in [-0.1, -0.05) is 31.8 Å². The van der Waals surface area contributed by atoms with Crippen molar-refractivity contribution < 1.29 is 14.7 Å². The van der Waals surface area contributed by atoms with Crippen LogP contribution in [-0.4, -0.2) is 53.1 Å². The highest BCUT2D eigenvalue weighted by Gasteiger charge is 2.25. The highest BCUT2D eigenvalue weighted by atomic mass is 16.4. The Morgan fingerprint density at radius 2 is 1.84 bits per heavy atom. The summed E-state index contributed by atoms with van der Waals surface area (Å²) < 4.78 is 0. The number of carboxylic acids is 1. The second-order valence-electron chi connectivity index (χ2n) is 5.10. The van der Waals surface area contributed by atoms with Crippen molar-refractivity contribution in [2.45, 2.75) is 44.6 Å². The standard InChI is InChI=1S/C14H24N2O3/c1-3-10-16(11-13(17)18)14(19)15(2)12-8-6-4-5-7-9-12/h3,12H,1,4-11H2,2H3,(H,17,18). The molecule has 108 valence electrons. The first-order valence-corrected chi connectivity index (χ1v) is 6.90. The van der Waals surface area contributed by atoms with Crippen LogP contribution in [0.2, 0.25) is 0 Å². The van der Waals surface area contributed by atoms with Crippen LogP contribution in [0.3, 0.4) is 0 Å². The molecular weight excluding hydrogens is 244 g/mol. The molecule has 1 aliphatic carbocycles. The second-order valence-corrected chi connectivity index (χ2v) is 5.10.